The first-order valence-corrected chi connectivity index (χ1v) is 11.4. The van der Waals surface area contributed by atoms with Crippen molar-refractivity contribution in [3.8, 4) is 5.75 Å². The number of nitrogens with one attached hydrogen (secondary N) is 2. The average molecular weight is 459 g/mol. The van der Waals surface area contributed by atoms with Crippen molar-refractivity contribution in [1.29, 1.82) is 0 Å². The van der Waals surface area contributed by atoms with E-state index in [0.717, 1.165) is 21.9 Å². The van der Waals surface area contributed by atoms with Gasteiger partial charge in [0.05, 0.1) is 0 Å². The maximum Gasteiger partial charge on any atom is 0.298 e. The smallest absolute Gasteiger partial charge is 0.298 e. The molecule has 1 aliphatic rings. The molecule has 4 aromatic rings. The van der Waals surface area contributed by atoms with Gasteiger partial charge in [-0.2, -0.15) is 4.98 Å². The number of aromatic nitrogens is 1. The second-order valence-electron chi connectivity index (χ2n) is 8.47. The molecule has 0 bridgehead atoms. The van der Waals surface area contributed by atoms with Crippen LogP contribution < -0.4 is 20.5 Å². The Morgan fingerprint density at radius 1 is 1.00 bits per heavy atom. The molecule has 0 spiro atoms. The number of nitrogens with zero attached hydrogens (tertiary/aromatic N) is 2. The number of carbonyl (C=O) groups excluding carboxylic acids is 2. The number of carbonyl (C=O) groups is 2. The number of piperidine rings is 1. The molecule has 1 aliphatic heterocycles. The van der Waals surface area contributed by atoms with Crippen LogP contribution in [-0.2, 0) is 9.59 Å². The summed E-state index contributed by atoms with van der Waals surface area (Å²) in [6, 6.07) is 21.8. The number of fused-ring (bicyclic) bond motifs is 2. The number of ether oxygens (including phenoxy) is 1. The number of oxazole rings is 1. The summed E-state index contributed by atoms with van der Waals surface area (Å²) in [7, 11) is 0. The lowest BCUT2D eigenvalue weighted by Crippen LogP contribution is -2.50. The van der Waals surface area contributed by atoms with Gasteiger partial charge in [-0.3, -0.25) is 20.4 Å². The summed E-state index contributed by atoms with van der Waals surface area (Å²) >= 11 is 0. The van der Waals surface area contributed by atoms with E-state index in [4.69, 9.17) is 9.15 Å². The molecule has 1 fully saturated rings. The van der Waals surface area contributed by atoms with Crippen molar-refractivity contribution < 1.29 is 18.7 Å². The monoisotopic (exact) mass is 458 g/mol. The van der Waals surface area contributed by atoms with E-state index in [1.165, 1.54) is 0 Å². The van der Waals surface area contributed by atoms with E-state index >= 15 is 0 Å². The standard InChI is InChI=1S/C26H26N4O4/c1-17(33-21-11-10-18-6-2-3-7-20(18)16-21)24(31)28-29-25(32)19-12-14-30(15-13-19)26-27-22-8-4-5-9-23(22)34-26/h2-11,16-17,19H,12-15H2,1H3,(H,28,31)(H,29,32). The molecular formula is C26H26N4O4. The highest BCUT2D eigenvalue weighted by Crippen LogP contribution is 2.26. The van der Waals surface area contributed by atoms with Crippen molar-refractivity contribution in [2.45, 2.75) is 25.9 Å². The van der Waals surface area contributed by atoms with Gasteiger partial charge in [-0.05, 0) is 54.8 Å². The van der Waals surface area contributed by atoms with Crippen molar-refractivity contribution in [3.63, 3.8) is 0 Å². The molecule has 1 atom stereocenters. The number of para-hydroxylation sites is 2. The number of anilines is 1. The van der Waals surface area contributed by atoms with Crippen LogP contribution in [0.25, 0.3) is 21.9 Å². The number of rotatable bonds is 5. The topological polar surface area (TPSA) is 96.7 Å². The van der Waals surface area contributed by atoms with Crippen LogP contribution in [0.4, 0.5) is 6.01 Å². The van der Waals surface area contributed by atoms with Gasteiger partial charge < -0.3 is 14.1 Å². The Morgan fingerprint density at radius 2 is 1.74 bits per heavy atom. The second-order valence-corrected chi connectivity index (χ2v) is 8.47. The fourth-order valence-electron chi connectivity index (χ4n) is 4.15. The van der Waals surface area contributed by atoms with Gasteiger partial charge in [0, 0.05) is 19.0 Å². The van der Waals surface area contributed by atoms with E-state index in [1.807, 2.05) is 71.6 Å². The van der Waals surface area contributed by atoms with Crippen molar-refractivity contribution in [2.75, 3.05) is 18.0 Å². The Labute approximate surface area is 196 Å². The highest BCUT2D eigenvalue weighted by atomic mass is 16.5. The minimum atomic E-state index is -0.762. The molecule has 5 rings (SSSR count). The first-order valence-electron chi connectivity index (χ1n) is 11.4. The lowest BCUT2D eigenvalue weighted by atomic mass is 9.96. The summed E-state index contributed by atoms with van der Waals surface area (Å²) in [6.07, 6.45) is 0.523. The van der Waals surface area contributed by atoms with Gasteiger partial charge in [0.25, 0.3) is 11.9 Å². The fraction of sp³-hybridized carbons (Fsp3) is 0.269. The molecule has 8 heteroatoms. The highest BCUT2D eigenvalue weighted by Gasteiger charge is 2.28. The Morgan fingerprint density at radius 3 is 2.53 bits per heavy atom. The Balaban J connectivity index is 1.09. The lowest BCUT2D eigenvalue weighted by molar-refractivity contribution is -0.134. The molecule has 3 aromatic carbocycles. The van der Waals surface area contributed by atoms with Gasteiger partial charge in [0.1, 0.15) is 11.3 Å². The van der Waals surface area contributed by atoms with E-state index < -0.39 is 12.0 Å². The van der Waals surface area contributed by atoms with Gasteiger partial charge >= 0.3 is 0 Å². The van der Waals surface area contributed by atoms with Crippen LogP contribution in [0.3, 0.4) is 0 Å². The summed E-state index contributed by atoms with van der Waals surface area (Å²) in [6.45, 7) is 2.95. The van der Waals surface area contributed by atoms with Crippen LogP contribution in [0.5, 0.6) is 5.75 Å². The molecule has 8 nitrogen and oxygen atoms in total. The Hall–Kier alpha value is -4.07. The summed E-state index contributed by atoms with van der Waals surface area (Å²) in [5.74, 6) is -0.217. The average Bonchev–Trinajstić information content (AvgIpc) is 3.31. The SMILES string of the molecule is CC(Oc1ccc2ccccc2c1)C(=O)NNC(=O)C1CCN(c2nc3ccccc3o2)CC1. The van der Waals surface area contributed by atoms with Gasteiger partial charge in [-0.1, -0.05) is 42.5 Å². The van der Waals surface area contributed by atoms with Crippen LogP contribution >= 0.6 is 0 Å². The first-order chi connectivity index (χ1) is 16.6. The molecule has 0 radical (unpaired) electrons. The Bertz CT molecular complexity index is 1290. The van der Waals surface area contributed by atoms with Crippen LogP contribution in [0.2, 0.25) is 0 Å². The third-order valence-corrected chi connectivity index (χ3v) is 6.13. The van der Waals surface area contributed by atoms with Gasteiger partial charge in [-0.25, -0.2) is 0 Å². The molecular weight excluding hydrogens is 432 g/mol. The first kappa shape index (κ1) is 21.8. The van der Waals surface area contributed by atoms with Crippen LogP contribution in [-0.4, -0.2) is 36.0 Å². The largest absolute Gasteiger partial charge is 0.481 e. The molecule has 174 valence electrons. The van der Waals surface area contributed by atoms with Crippen LogP contribution in [0.15, 0.2) is 71.1 Å². The van der Waals surface area contributed by atoms with E-state index in [2.05, 4.69) is 15.8 Å². The molecule has 34 heavy (non-hydrogen) atoms. The molecule has 2 N–H and O–H groups in total. The number of amides is 2. The number of hydrogen-bond donors (Lipinski definition) is 2. The predicted octanol–water partition coefficient (Wildman–Crippen LogP) is 3.81. The molecule has 0 aliphatic carbocycles. The van der Waals surface area contributed by atoms with Crippen molar-refractivity contribution >= 4 is 39.7 Å². The maximum atomic E-state index is 12.6. The third kappa shape index (κ3) is 4.66. The highest BCUT2D eigenvalue weighted by molar-refractivity contribution is 5.86. The van der Waals surface area contributed by atoms with Crippen LogP contribution in [0, 0.1) is 5.92 Å². The summed E-state index contributed by atoms with van der Waals surface area (Å²) in [4.78, 5) is 31.6. The Kier molecular flexibility index (Phi) is 6.03. The van der Waals surface area contributed by atoms with Crippen LogP contribution in [0.1, 0.15) is 19.8 Å². The molecule has 2 heterocycles. The molecule has 0 saturated carbocycles. The van der Waals surface area contributed by atoms with E-state index in [9.17, 15) is 9.59 Å². The van der Waals surface area contributed by atoms with Gasteiger partial charge in [0.2, 0.25) is 5.91 Å². The minimum Gasteiger partial charge on any atom is -0.481 e. The number of hydrogen-bond acceptors (Lipinski definition) is 6. The second kappa shape index (κ2) is 9.43. The maximum absolute atomic E-state index is 12.6. The van der Waals surface area contributed by atoms with E-state index in [-0.39, 0.29) is 11.8 Å². The third-order valence-electron chi connectivity index (χ3n) is 6.13. The van der Waals surface area contributed by atoms with Crippen molar-refractivity contribution in [2.24, 2.45) is 5.92 Å². The lowest BCUT2D eigenvalue weighted by Gasteiger charge is -2.30. The van der Waals surface area contributed by atoms with E-state index in [1.54, 1.807) is 6.92 Å². The van der Waals surface area contributed by atoms with Gasteiger partial charge in [0.15, 0.2) is 11.7 Å². The predicted molar refractivity (Wildman–Crippen MR) is 129 cm³/mol. The van der Waals surface area contributed by atoms with Crippen molar-refractivity contribution in [1.82, 2.24) is 15.8 Å². The quantitative estimate of drug-likeness (QED) is 0.442. The molecule has 2 amide bonds. The summed E-state index contributed by atoms with van der Waals surface area (Å²) in [5.41, 5.74) is 6.61. The molecule has 1 aromatic heterocycles. The minimum absolute atomic E-state index is 0.197. The molecule has 1 saturated heterocycles. The van der Waals surface area contributed by atoms with Crippen molar-refractivity contribution in [3.05, 3.63) is 66.7 Å². The zero-order valence-corrected chi connectivity index (χ0v) is 18.9. The fourth-order valence-corrected chi connectivity index (χ4v) is 4.15. The van der Waals surface area contributed by atoms with E-state index in [0.29, 0.717) is 37.7 Å². The zero-order chi connectivity index (χ0) is 23.5. The summed E-state index contributed by atoms with van der Waals surface area (Å²) in [5, 5.41) is 2.13. The number of benzene rings is 3. The summed E-state index contributed by atoms with van der Waals surface area (Å²) < 4.78 is 11.6. The normalized spacial score (nSPS) is 15.3. The zero-order valence-electron chi connectivity index (χ0n) is 18.9. The van der Waals surface area contributed by atoms with Gasteiger partial charge in [-0.15, -0.1) is 0 Å². The molecule has 1 unspecified atom stereocenters. The number of hydrazine groups is 1.